The highest BCUT2D eigenvalue weighted by Gasteiger charge is 2.22. The van der Waals surface area contributed by atoms with E-state index in [0.29, 0.717) is 31.7 Å². The molecule has 1 amide bonds. The number of carboxylic acid groups (broad SMARTS) is 1. The maximum atomic E-state index is 10.9. The molecule has 2 heterocycles. The number of carbonyl (C=O) groups is 1. The van der Waals surface area contributed by atoms with E-state index in [-0.39, 0.29) is 11.7 Å². The van der Waals surface area contributed by atoms with Crippen molar-refractivity contribution < 1.29 is 14.8 Å². The number of nitrogens with zero attached hydrogens (tertiary/aromatic N) is 3. The van der Waals surface area contributed by atoms with Gasteiger partial charge in [0.05, 0.1) is 4.92 Å². The Morgan fingerprint density at radius 1 is 1.52 bits per heavy atom. The number of piperidine rings is 1. The molecule has 2 rings (SSSR count). The lowest BCUT2D eigenvalue weighted by Gasteiger charge is -2.30. The van der Waals surface area contributed by atoms with E-state index in [9.17, 15) is 14.9 Å². The quantitative estimate of drug-likeness (QED) is 0.625. The van der Waals surface area contributed by atoms with Crippen LogP contribution in [0.3, 0.4) is 0 Å². The Balaban J connectivity index is 1.78. The van der Waals surface area contributed by atoms with E-state index in [2.05, 4.69) is 10.3 Å². The van der Waals surface area contributed by atoms with Crippen LogP contribution < -0.4 is 5.32 Å². The number of likely N-dealkylation sites (tertiary alicyclic amines) is 1. The van der Waals surface area contributed by atoms with E-state index in [0.717, 1.165) is 12.8 Å². The summed E-state index contributed by atoms with van der Waals surface area (Å²) in [6.45, 7) is 1.64. The van der Waals surface area contributed by atoms with Crippen LogP contribution >= 0.6 is 0 Å². The Hall–Kier alpha value is -2.22. The summed E-state index contributed by atoms with van der Waals surface area (Å²) in [4.78, 5) is 26.7. The number of nitro groups is 1. The van der Waals surface area contributed by atoms with Crippen LogP contribution in [0.4, 0.5) is 10.5 Å². The zero-order chi connectivity index (χ0) is 15.2. The summed E-state index contributed by atoms with van der Waals surface area (Å²) >= 11 is 0. The van der Waals surface area contributed by atoms with Gasteiger partial charge in [-0.1, -0.05) is 0 Å². The van der Waals surface area contributed by atoms with Crippen LogP contribution in [0.1, 0.15) is 18.5 Å². The molecule has 1 aliphatic rings. The average Bonchev–Trinajstić information content (AvgIpc) is 2.48. The first-order valence-electron chi connectivity index (χ1n) is 6.87. The lowest BCUT2D eigenvalue weighted by Crippen LogP contribution is -2.44. The maximum absolute atomic E-state index is 10.9. The first-order chi connectivity index (χ1) is 10.1. The van der Waals surface area contributed by atoms with Crippen molar-refractivity contribution in [3.63, 3.8) is 0 Å². The smallest absolute Gasteiger partial charge is 0.407 e. The minimum atomic E-state index is -0.877. The second-order valence-corrected chi connectivity index (χ2v) is 4.97. The number of hydrogen-bond acceptors (Lipinski definition) is 5. The lowest BCUT2D eigenvalue weighted by atomic mass is 10.1. The molecule has 1 saturated heterocycles. The molecule has 1 aromatic rings. The van der Waals surface area contributed by atoms with E-state index in [4.69, 9.17) is 5.11 Å². The molecule has 8 nitrogen and oxygen atoms in total. The first kappa shape index (κ1) is 15.2. The van der Waals surface area contributed by atoms with Crippen molar-refractivity contribution in [2.45, 2.75) is 25.3 Å². The van der Waals surface area contributed by atoms with Crippen molar-refractivity contribution in [1.82, 2.24) is 15.2 Å². The average molecular weight is 294 g/mol. The highest BCUT2D eigenvalue weighted by Crippen LogP contribution is 2.15. The van der Waals surface area contributed by atoms with Gasteiger partial charge in [-0.3, -0.25) is 15.1 Å². The van der Waals surface area contributed by atoms with E-state index >= 15 is 0 Å². The summed E-state index contributed by atoms with van der Waals surface area (Å²) in [5.41, 5.74) is 0.512. The van der Waals surface area contributed by atoms with Crippen molar-refractivity contribution in [2.75, 3.05) is 19.6 Å². The molecule has 0 aromatic carbocycles. The number of rotatable bonds is 5. The van der Waals surface area contributed by atoms with E-state index in [1.807, 2.05) is 0 Å². The van der Waals surface area contributed by atoms with Gasteiger partial charge in [-0.15, -0.1) is 0 Å². The van der Waals surface area contributed by atoms with Gasteiger partial charge in [-0.2, -0.15) is 0 Å². The van der Waals surface area contributed by atoms with Gasteiger partial charge in [-0.05, 0) is 18.9 Å². The maximum Gasteiger partial charge on any atom is 0.407 e. The molecule has 21 heavy (non-hydrogen) atoms. The number of pyridine rings is 1. The van der Waals surface area contributed by atoms with Gasteiger partial charge < -0.3 is 15.3 Å². The van der Waals surface area contributed by atoms with Crippen LogP contribution in [-0.2, 0) is 6.42 Å². The molecule has 1 aromatic heterocycles. The van der Waals surface area contributed by atoms with Gasteiger partial charge in [-0.25, -0.2) is 4.79 Å². The van der Waals surface area contributed by atoms with E-state index in [1.54, 1.807) is 12.3 Å². The molecule has 0 atom stereocenters. The Bertz CT molecular complexity index is 515. The molecular formula is C13H18N4O4. The molecule has 2 N–H and O–H groups in total. The second-order valence-electron chi connectivity index (χ2n) is 4.97. The molecule has 1 aliphatic heterocycles. The molecule has 0 aliphatic carbocycles. The zero-order valence-corrected chi connectivity index (χ0v) is 11.6. The molecular weight excluding hydrogens is 276 g/mol. The third-order valence-corrected chi connectivity index (χ3v) is 3.62. The van der Waals surface area contributed by atoms with Gasteiger partial charge in [0.15, 0.2) is 0 Å². The van der Waals surface area contributed by atoms with Gasteiger partial charge >= 0.3 is 6.09 Å². The fourth-order valence-corrected chi connectivity index (χ4v) is 2.46. The molecule has 0 bridgehead atoms. The van der Waals surface area contributed by atoms with Gasteiger partial charge in [0.1, 0.15) is 5.69 Å². The fourth-order valence-electron chi connectivity index (χ4n) is 2.46. The van der Waals surface area contributed by atoms with E-state index in [1.165, 1.54) is 11.0 Å². The normalized spacial score (nSPS) is 15.9. The minimum Gasteiger partial charge on any atom is -0.465 e. The van der Waals surface area contributed by atoms with Crippen molar-refractivity contribution in [1.29, 1.82) is 0 Å². The van der Waals surface area contributed by atoms with Crippen LogP contribution in [0, 0.1) is 10.1 Å². The molecule has 0 spiro atoms. The molecule has 0 radical (unpaired) electrons. The first-order valence-corrected chi connectivity index (χ1v) is 6.87. The lowest BCUT2D eigenvalue weighted by molar-refractivity contribution is -0.385. The molecule has 0 saturated carbocycles. The van der Waals surface area contributed by atoms with Crippen molar-refractivity contribution >= 4 is 11.8 Å². The second kappa shape index (κ2) is 6.98. The Kier molecular flexibility index (Phi) is 5.04. The van der Waals surface area contributed by atoms with Crippen molar-refractivity contribution in [2.24, 2.45) is 0 Å². The highest BCUT2D eigenvalue weighted by molar-refractivity contribution is 5.65. The number of hydrogen-bond donors (Lipinski definition) is 2. The summed E-state index contributed by atoms with van der Waals surface area (Å²) in [5, 5.41) is 23.0. The predicted molar refractivity (Wildman–Crippen MR) is 75.2 cm³/mol. The monoisotopic (exact) mass is 294 g/mol. The minimum absolute atomic E-state index is 0.0417. The van der Waals surface area contributed by atoms with Gasteiger partial charge in [0.2, 0.25) is 0 Å². The number of aromatic nitrogens is 1. The topological polar surface area (TPSA) is 109 Å². The largest absolute Gasteiger partial charge is 0.465 e. The molecule has 1 fully saturated rings. The highest BCUT2D eigenvalue weighted by atomic mass is 16.6. The Morgan fingerprint density at radius 2 is 2.24 bits per heavy atom. The van der Waals surface area contributed by atoms with Crippen LogP contribution in [-0.4, -0.2) is 51.7 Å². The number of nitrogens with one attached hydrogen (secondary N) is 1. The molecule has 114 valence electrons. The SMILES string of the molecule is O=C(O)N1CCC(NCCc2ncccc2[N+](=O)[O-])CC1. The summed E-state index contributed by atoms with van der Waals surface area (Å²) in [6.07, 6.45) is 2.68. The van der Waals surface area contributed by atoms with Crippen LogP contribution in [0.5, 0.6) is 0 Å². The predicted octanol–water partition coefficient (Wildman–Crippen LogP) is 1.26. The Labute approximate surface area is 121 Å². The van der Waals surface area contributed by atoms with Crippen LogP contribution in [0.25, 0.3) is 0 Å². The summed E-state index contributed by atoms with van der Waals surface area (Å²) in [6, 6.07) is 3.26. The zero-order valence-electron chi connectivity index (χ0n) is 11.6. The standard InChI is InChI=1S/C13H18N4O4/c18-13(19)16-8-4-10(5-9-16)14-7-3-11-12(17(20)21)2-1-6-15-11/h1-2,6,10,14H,3-5,7-9H2,(H,18,19). The van der Waals surface area contributed by atoms with Crippen LogP contribution in [0.2, 0.25) is 0 Å². The summed E-state index contributed by atoms with van der Waals surface area (Å²) in [5.74, 6) is 0. The van der Waals surface area contributed by atoms with Gasteiger partial charge in [0, 0.05) is 44.4 Å². The van der Waals surface area contributed by atoms with E-state index < -0.39 is 11.0 Å². The molecule has 8 heteroatoms. The third-order valence-electron chi connectivity index (χ3n) is 3.62. The Morgan fingerprint density at radius 3 is 2.86 bits per heavy atom. The number of amides is 1. The van der Waals surface area contributed by atoms with Crippen LogP contribution in [0.15, 0.2) is 18.3 Å². The van der Waals surface area contributed by atoms with Gasteiger partial charge in [0.25, 0.3) is 5.69 Å². The third kappa shape index (κ3) is 4.12. The molecule has 0 unspecified atom stereocenters. The van der Waals surface area contributed by atoms with Crippen molar-refractivity contribution in [3.8, 4) is 0 Å². The summed E-state index contributed by atoms with van der Waals surface area (Å²) in [7, 11) is 0. The fraction of sp³-hybridized carbons (Fsp3) is 0.538. The summed E-state index contributed by atoms with van der Waals surface area (Å²) < 4.78 is 0. The van der Waals surface area contributed by atoms with Crippen molar-refractivity contribution in [3.05, 3.63) is 34.1 Å².